The highest BCUT2D eigenvalue weighted by molar-refractivity contribution is 5.83. The van der Waals surface area contributed by atoms with Crippen molar-refractivity contribution in [2.75, 3.05) is 0 Å². The Morgan fingerprint density at radius 2 is 1.77 bits per heavy atom. The van der Waals surface area contributed by atoms with Gasteiger partial charge in [-0.25, -0.2) is 4.98 Å². The Kier molecular flexibility index (Phi) is 3.84. The van der Waals surface area contributed by atoms with Crippen LogP contribution in [0.3, 0.4) is 0 Å². The lowest BCUT2D eigenvalue weighted by molar-refractivity contribution is -0.137. The standard InChI is InChI=1S/C19H11F3N2O2/c20-19(21,22)14-4-6-15(7-5-14)25-18-16(2-1-9-23-18)12-3-8-17-13(10-12)11-24-26-17/h1-11H. The van der Waals surface area contributed by atoms with E-state index in [2.05, 4.69) is 10.1 Å². The molecule has 0 spiro atoms. The number of hydrogen-bond acceptors (Lipinski definition) is 4. The van der Waals surface area contributed by atoms with Crippen LogP contribution in [0, 0.1) is 0 Å². The molecule has 2 aromatic carbocycles. The number of aromatic nitrogens is 2. The van der Waals surface area contributed by atoms with E-state index in [9.17, 15) is 13.2 Å². The van der Waals surface area contributed by atoms with Crippen LogP contribution in [0.15, 0.2) is 71.5 Å². The van der Waals surface area contributed by atoms with E-state index in [1.165, 1.54) is 12.1 Å². The first-order valence-corrected chi connectivity index (χ1v) is 7.66. The second kappa shape index (κ2) is 6.18. The first-order chi connectivity index (χ1) is 12.5. The van der Waals surface area contributed by atoms with Gasteiger partial charge in [0.1, 0.15) is 5.75 Å². The van der Waals surface area contributed by atoms with Crippen LogP contribution in [0.5, 0.6) is 11.6 Å². The predicted molar refractivity (Wildman–Crippen MR) is 88.8 cm³/mol. The van der Waals surface area contributed by atoms with Crippen molar-refractivity contribution in [3.8, 4) is 22.8 Å². The van der Waals surface area contributed by atoms with Crippen LogP contribution in [0.2, 0.25) is 0 Å². The quantitative estimate of drug-likeness (QED) is 0.472. The Hall–Kier alpha value is -3.35. The molecule has 0 aliphatic rings. The minimum atomic E-state index is -4.39. The van der Waals surface area contributed by atoms with Gasteiger partial charge in [-0.3, -0.25) is 0 Å². The zero-order valence-electron chi connectivity index (χ0n) is 13.2. The molecule has 2 heterocycles. The minimum Gasteiger partial charge on any atom is -0.438 e. The number of hydrogen-bond donors (Lipinski definition) is 0. The molecule has 0 saturated carbocycles. The van der Waals surface area contributed by atoms with Gasteiger partial charge in [0.25, 0.3) is 0 Å². The largest absolute Gasteiger partial charge is 0.438 e. The molecule has 0 aliphatic heterocycles. The third-order valence-corrected chi connectivity index (χ3v) is 3.83. The lowest BCUT2D eigenvalue weighted by Gasteiger charge is -2.11. The first-order valence-electron chi connectivity index (χ1n) is 7.66. The normalized spacial score (nSPS) is 11.7. The van der Waals surface area contributed by atoms with E-state index < -0.39 is 11.7 Å². The number of nitrogens with zero attached hydrogens (tertiary/aromatic N) is 2. The van der Waals surface area contributed by atoms with Gasteiger partial charge in [0, 0.05) is 17.1 Å². The molecule has 2 aromatic heterocycles. The fourth-order valence-corrected chi connectivity index (χ4v) is 2.56. The zero-order valence-corrected chi connectivity index (χ0v) is 13.2. The Morgan fingerprint density at radius 1 is 0.962 bits per heavy atom. The van der Waals surface area contributed by atoms with E-state index >= 15 is 0 Å². The highest BCUT2D eigenvalue weighted by Crippen LogP contribution is 2.34. The third-order valence-electron chi connectivity index (χ3n) is 3.83. The van der Waals surface area contributed by atoms with E-state index in [-0.39, 0.29) is 5.75 Å². The maximum atomic E-state index is 12.7. The van der Waals surface area contributed by atoms with Crippen molar-refractivity contribution in [3.63, 3.8) is 0 Å². The number of fused-ring (bicyclic) bond motifs is 1. The second-order valence-electron chi connectivity index (χ2n) is 5.56. The van der Waals surface area contributed by atoms with Crippen molar-refractivity contribution in [2.45, 2.75) is 6.18 Å². The summed E-state index contributed by atoms with van der Waals surface area (Å²) in [7, 11) is 0. The highest BCUT2D eigenvalue weighted by Gasteiger charge is 2.30. The summed E-state index contributed by atoms with van der Waals surface area (Å²) in [6, 6.07) is 13.6. The van der Waals surface area contributed by atoms with Crippen molar-refractivity contribution < 1.29 is 22.4 Å². The van der Waals surface area contributed by atoms with Gasteiger partial charge in [-0.15, -0.1) is 0 Å². The van der Waals surface area contributed by atoms with Gasteiger partial charge < -0.3 is 9.26 Å². The summed E-state index contributed by atoms with van der Waals surface area (Å²) < 4.78 is 48.8. The smallest absolute Gasteiger partial charge is 0.416 e. The van der Waals surface area contributed by atoms with Crippen LogP contribution < -0.4 is 4.74 Å². The van der Waals surface area contributed by atoms with Gasteiger partial charge in [-0.1, -0.05) is 11.2 Å². The van der Waals surface area contributed by atoms with E-state index in [0.29, 0.717) is 17.0 Å². The molecular weight excluding hydrogens is 345 g/mol. The fourth-order valence-electron chi connectivity index (χ4n) is 2.56. The van der Waals surface area contributed by atoms with Crippen molar-refractivity contribution in [3.05, 3.63) is 72.6 Å². The average Bonchev–Trinajstić information content (AvgIpc) is 3.09. The van der Waals surface area contributed by atoms with Crippen LogP contribution in [-0.2, 0) is 6.18 Å². The molecule has 4 aromatic rings. The topological polar surface area (TPSA) is 48.2 Å². The Bertz CT molecular complexity index is 1060. The fraction of sp³-hybridized carbons (Fsp3) is 0.0526. The van der Waals surface area contributed by atoms with Gasteiger partial charge in [0.2, 0.25) is 5.88 Å². The molecule has 0 atom stereocenters. The van der Waals surface area contributed by atoms with E-state index in [4.69, 9.17) is 9.26 Å². The summed E-state index contributed by atoms with van der Waals surface area (Å²) in [5.41, 5.74) is 1.46. The molecule has 0 radical (unpaired) electrons. The van der Waals surface area contributed by atoms with Crippen LogP contribution in [0.4, 0.5) is 13.2 Å². The molecule has 0 amide bonds. The zero-order chi connectivity index (χ0) is 18.1. The van der Waals surface area contributed by atoms with E-state index in [0.717, 1.165) is 23.1 Å². The molecule has 26 heavy (non-hydrogen) atoms. The number of halogens is 3. The molecule has 0 unspecified atom stereocenters. The number of pyridine rings is 1. The Morgan fingerprint density at radius 3 is 2.54 bits per heavy atom. The van der Waals surface area contributed by atoms with Crippen LogP contribution in [-0.4, -0.2) is 10.1 Å². The van der Waals surface area contributed by atoms with Crippen molar-refractivity contribution in [1.29, 1.82) is 0 Å². The first kappa shape index (κ1) is 16.1. The molecule has 0 aliphatic carbocycles. The van der Waals surface area contributed by atoms with Crippen LogP contribution in [0.25, 0.3) is 22.1 Å². The summed E-state index contributed by atoms with van der Waals surface area (Å²) >= 11 is 0. The van der Waals surface area contributed by atoms with E-state index in [1.807, 2.05) is 18.2 Å². The maximum Gasteiger partial charge on any atom is 0.416 e. The average molecular weight is 356 g/mol. The van der Waals surface area contributed by atoms with Gasteiger partial charge in [-0.2, -0.15) is 13.2 Å². The van der Waals surface area contributed by atoms with Crippen molar-refractivity contribution >= 4 is 11.0 Å². The summed E-state index contributed by atoms with van der Waals surface area (Å²) in [6.07, 6.45) is -1.23. The van der Waals surface area contributed by atoms with Gasteiger partial charge in [-0.05, 0) is 54.1 Å². The molecular formula is C19H11F3N2O2. The molecule has 4 rings (SSSR count). The third kappa shape index (κ3) is 3.11. The molecule has 130 valence electrons. The summed E-state index contributed by atoms with van der Waals surface area (Å²) in [5, 5.41) is 4.57. The SMILES string of the molecule is FC(F)(F)c1ccc(Oc2ncccc2-c2ccc3oncc3c2)cc1. The van der Waals surface area contributed by atoms with Crippen LogP contribution in [0.1, 0.15) is 5.56 Å². The second-order valence-corrected chi connectivity index (χ2v) is 5.56. The summed E-state index contributed by atoms with van der Waals surface area (Å²) in [6.45, 7) is 0. The summed E-state index contributed by atoms with van der Waals surface area (Å²) in [5.74, 6) is 0.562. The number of alkyl halides is 3. The lowest BCUT2D eigenvalue weighted by Crippen LogP contribution is -2.04. The van der Waals surface area contributed by atoms with Crippen molar-refractivity contribution in [2.24, 2.45) is 0 Å². The summed E-state index contributed by atoms with van der Waals surface area (Å²) in [4.78, 5) is 4.21. The predicted octanol–water partition coefficient (Wildman–Crippen LogP) is 5.70. The van der Waals surface area contributed by atoms with Crippen LogP contribution >= 0.6 is 0 Å². The van der Waals surface area contributed by atoms with E-state index in [1.54, 1.807) is 24.5 Å². The number of benzene rings is 2. The lowest BCUT2D eigenvalue weighted by atomic mass is 10.1. The number of rotatable bonds is 3. The Balaban J connectivity index is 1.67. The minimum absolute atomic E-state index is 0.268. The molecule has 7 heteroatoms. The molecule has 0 fully saturated rings. The molecule has 0 saturated heterocycles. The highest BCUT2D eigenvalue weighted by atomic mass is 19.4. The monoisotopic (exact) mass is 356 g/mol. The molecule has 0 bridgehead atoms. The van der Waals surface area contributed by atoms with Gasteiger partial charge in [0.05, 0.1) is 11.8 Å². The van der Waals surface area contributed by atoms with Gasteiger partial charge in [0.15, 0.2) is 5.58 Å². The van der Waals surface area contributed by atoms with Crippen molar-refractivity contribution in [1.82, 2.24) is 10.1 Å². The maximum absolute atomic E-state index is 12.7. The van der Waals surface area contributed by atoms with Gasteiger partial charge >= 0.3 is 6.18 Å². The number of ether oxygens (including phenoxy) is 1. The Labute approximate surface area is 145 Å². The molecule has 0 N–H and O–H groups in total. The molecule has 4 nitrogen and oxygen atoms in total.